The SMILES string of the molecule is O=C(N[C@@H](Cc1ccc(Cl)cc1)C(=O)N1CCC(Cn2cncn2)(C2CCCCC2)CC1)[C@@H]1Cc2ccccc2CN1. The number of nitrogens with one attached hydrogen (secondary N) is 2. The lowest BCUT2D eigenvalue weighted by Crippen LogP contribution is -2.57. The molecule has 9 heteroatoms. The van der Waals surface area contributed by atoms with Gasteiger partial charge in [-0.15, -0.1) is 0 Å². The van der Waals surface area contributed by atoms with Crippen molar-refractivity contribution in [2.75, 3.05) is 13.1 Å². The molecule has 3 aromatic rings. The molecule has 2 aliphatic heterocycles. The number of nitrogens with zero attached hydrogens (tertiary/aromatic N) is 4. The van der Waals surface area contributed by atoms with E-state index in [4.69, 9.17) is 11.6 Å². The third kappa shape index (κ3) is 6.55. The summed E-state index contributed by atoms with van der Waals surface area (Å²) in [5.74, 6) is 0.501. The van der Waals surface area contributed by atoms with Gasteiger partial charge < -0.3 is 15.5 Å². The van der Waals surface area contributed by atoms with Crippen LogP contribution in [0.5, 0.6) is 0 Å². The topological polar surface area (TPSA) is 92.2 Å². The van der Waals surface area contributed by atoms with Crippen molar-refractivity contribution in [3.05, 3.63) is 82.9 Å². The van der Waals surface area contributed by atoms with E-state index in [9.17, 15) is 9.59 Å². The molecule has 2 N–H and O–H groups in total. The zero-order valence-electron chi connectivity index (χ0n) is 24.2. The molecular weight excluding hydrogens is 548 g/mol. The number of carbonyl (C=O) groups excluding carboxylic acids is 2. The summed E-state index contributed by atoms with van der Waals surface area (Å²) in [6.45, 7) is 2.86. The summed E-state index contributed by atoms with van der Waals surface area (Å²) in [6.07, 6.45) is 12.7. The molecule has 8 nitrogen and oxygen atoms in total. The number of hydrogen-bond acceptors (Lipinski definition) is 5. The van der Waals surface area contributed by atoms with E-state index in [0.717, 1.165) is 24.9 Å². The summed E-state index contributed by atoms with van der Waals surface area (Å²) in [5, 5.41) is 11.6. The Balaban J connectivity index is 1.17. The van der Waals surface area contributed by atoms with Gasteiger partial charge in [0.15, 0.2) is 0 Å². The molecule has 3 aliphatic rings. The zero-order valence-corrected chi connectivity index (χ0v) is 24.9. The summed E-state index contributed by atoms with van der Waals surface area (Å²) in [4.78, 5) is 33.9. The Morgan fingerprint density at radius 2 is 1.76 bits per heavy atom. The van der Waals surface area contributed by atoms with Gasteiger partial charge in [-0.3, -0.25) is 14.3 Å². The third-order valence-corrected chi connectivity index (χ3v) is 10.1. The Bertz CT molecular complexity index is 1350. The lowest BCUT2D eigenvalue weighted by atomic mass is 9.63. The molecule has 2 fully saturated rings. The van der Waals surface area contributed by atoms with Crippen LogP contribution in [0, 0.1) is 11.3 Å². The highest BCUT2D eigenvalue weighted by atomic mass is 35.5. The van der Waals surface area contributed by atoms with Gasteiger partial charge in [-0.1, -0.05) is 67.3 Å². The lowest BCUT2D eigenvalue weighted by molar-refractivity contribution is -0.140. The standard InChI is InChI=1S/C33H41ClN6O2/c34-28-12-10-24(11-13-28)18-30(38-31(41)29-19-25-6-4-5-7-26(25)20-36-29)32(42)39-16-14-33(15-17-39,21-40-23-35-22-37-40)27-8-2-1-3-9-27/h4-7,10-13,22-23,27,29-30,36H,1-3,8-9,14-21H2,(H,38,41)/t29-,30-/m0/s1. The van der Waals surface area contributed by atoms with E-state index < -0.39 is 6.04 Å². The summed E-state index contributed by atoms with van der Waals surface area (Å²) in [6, 6.07) is 14.7. The van der Waals surface area contributed by atoms with Gasteiger partial charge in [-0.05, 0) is 72.3 Å². The summed E-state index contributed by atoms with van der Waals surface area (Å²) < 4.78 is 1.98. The quantitative estimate of drug-likeness (QED) is 0.402. The second-order valence-corrected chi connectivity index (χ2v) is 12.9. The van der Waals surface area contributed by atoms with Crippen molar-refractivity contribution in [3.63, 3.8) is 0 Å². The highest BCUT2D eigenvalue weighted by Crippen LogP contribution is 2.47. The van der Waals surface area contributed by atoms with Crippen LogP contribution >= 0.6 is 11.6 Å². The molecule has 1 saturated heterocycles. The van der Waals surface area contributed by atoms with Gasteiger partial charge in [-0.2, -0.15) is 5.10 Å². The molecule has 1 saturated carbocycles. The van der Waals surface area contributed by atoms with Gasteiger partial charge in [0.25, 0.3) is 0 Å². The number of hydrogen-bond donors (Lipinski definition) is 2. The molecule has 3 heterocycles. The maximum atomic E-state index is 14.1. The highest BCUT2D eigenvalue weighted by molar-refractivity contribution is 6.30. The van der Waals surface area contributed by atoms with Gasteiger partial charge in [0.2, 0.25) is 11.8 Å². The van der Waals surface area contributed by atoms with Crippen LogP contribution in [0.1, 0.15) is 61.6 Å². The maximum Gasteiger partial charge on any atom is 0.245 e. The Kier molecular flexibility index (Phi) is 8.91. The van der Waals surface area contributed by atoms with Crippen LogP contribution in [0.4, 0.5) is 0 Å². The molecule has 0 radical (unpaired) electrons. The largest absolute Gasteiger partial charge is 0.343 e. The van der Waals surface area contributed by atoms with Crippen LogP contribution in [-0.4, -0.2) is 56.7 Å². The van der Waals surface area contributed by atoms with Crippen molar-refractivity contribution in [1.82, 2.24) is 30.3 Å². The van der Waals surface area contributed by atoms with Gasteiger partial charge >= 0.3 is 0 Å². The van der Waals surface area contributed by atoms with Crippen LogP contribution in [0.15, 0.2) is 61.2 Å². The molecular formula is C33H41ClN6O2. The number of carbonyl (C=O) groups is 2. The van der Waals surface area contributed by atoms with Crippen molar-refractivity contribution in [2.45, 2.75) is 83.0 Å². The fourth-order valence-electron chi connectivity index (χ4n) is 7.41. The minimum absolute atomic E-state index is 0.00694. The lowest BCUT2D eigenvalue weighted by Gasteiger charge is -2.48. The normalized spacial score (nSPS) is 21.4. The highest BCUT2D eigenvalue weighted by Gasteiger charge is 2.44. The Morgan fingerprint density at radius 1 is 1.02 bits per heavy atom. The monoisotopic (exact) mass is 588 g/mol. The molecule has 0 spiro atoms. The van der Waals surface area contributed by atoms with Crippen LogP contribution in [0.3, 0.4) is 0 Å². The van der Waals surface area contributed by atoms with Crippen molar-refractivity contribution in [1.29, 1.82) is 0 Å². The first kappa shape index (κ1) is 28.9. The van der Waals surface area contributed by atoms with Crippen molar-refractivity contribution in [2.24, 2.45) is 11.3 Å². The molecule has 42 heavy (non-hydrogen) atoms. The van der Waals surface area contributed by atoms with E-state index >= 15 is 0 Å². The second kappa shape index (κ2) is 13.0. The van der Waals surface area contributed by atoms with E-state index in [1.54, 1.807) is 6.33 Å². The first-order chi connectivity index (χ1) is 20.5. The van der Waals surface area contributed by atoms with E-state index in [2.05, 4.69) is 32.8 Å². The molecule has 6 rings (SSSR count). The van der Waals surface area contributed by atoms with Crippen molar-refractivity contribution >= 4 is 23.4 Å². The van der Waals surface area contributed by atoms with Gasteiger partial charge in [0, 0.05) is 37.6 Å². The number of amides is 2. The first-order valence-corrected chi connectivity index (χ1v) is 15.8. The number of aromatic nitrogens is 3. The number of halogens is 1. The van der Waals surface area contributed by atoms with E-state index in [0.29, 0.717) is 43.4 Å². The van der Waals surface area contributed by atoms with E-state index in [1.165, 1.54) is 43.2 Å². The molecule has 1 aliphatic carbocycles. The smallest absolute Gasteiger partial charge is 0.245 e. The van der Waals surface area contributed by atoms with E-state index in [1.807, 2.05) is 52.3 Å². The maximum absolute atomic E-state index is 14.1. The van der Waals surface area contributed by atoms with Crippen molar-refractivity contribution < 1.29 is 9.59 Å². The van der Waals surface area contributed by atoms with Crippen LogP contribution < -0.4 is 10.6 Å². The number of rotatable bonds is 8. The van der Waals surface area contributed by atoms with Crippen LogP contribution in [0.25, 0.3) is 0 Å². The number of piperidine rings is 1. The summed E-state index contributed by atoms with van der Waals surface area (Å²) >= 11 is 6.14. The predicted octanol–water partition coefficient (Wildman–Crippen LogP) is 4.56. The predicted molar refractivity (Wildman–Crippen MR) is 163 cm³/mol. The van der Waals surface area contributed by atoms with Gasteiger partial charge in [0.1, 0.15) is 18.7 Å². The molecule has 0 bridgehead atoms. The van der Waals surface area contributed by atoms with Gasteiger partial charge in [0.05, 0.1) is 6.04 Å². The summed E-state index contributed by atoms with van der Waals surface area (Å²) in [5.41, 5.74) is 3.48. The average molecular weight is 589 g/mol. The van der Waals surface area contributed by atoms with Crippen molar-refractivity contribution in [3.8, 4) is 0 Å². The first-order valence-electron chi connectivity index (χ1n) is 15.5. The van der Waals surface area contributed by atoms with E-state index in [-0.39, 0.29) is 23.3 Å². The number of fused-ring (bicyclic) bond motifs is 1. The Labute approximate surface area is 253 Å². The molecule has 2 amide bonds. The number of likely N-dealkylation sites (tertiary alicyclic amines) is 1. The van der Waals surface area contributed by atoms with Crippen LogP contribution in [0.2, 0.25) is 5.02 Å². The molecule has 222 valence electrons. The third-order valence-electron chi connectivity index (χ3n) is 9.85. The fraction of sp³-hybridized carbons (Fsp3) is 0.515. The Hall–Kier alpha value is -3.23. The molecule has 1 aromatic heterocycles. The molecule has 2 atom stereocenters. The van der Waals surface area contributed by atoms with Gasteiger partial charge in [-0.25, -0.2) is 4.98 Å². The Morgan fingerprint density at radius 3 is 2.48 bits per heavy atom. The second-order valence-electron chi connectivity index (χ2n) is 12.4. The van der Waals surface area contributed by atoms with Crippen LogP contribution in [-0.2, 0) is 35.5 Å². The minimum Gasteiger partial charge on any atom is -0.343 e. The number of benzene rings is 2. The molecule has 2 aromatic carbocycles. The zero-order chi connectivity index (χ0) is 28.9. The molecule has 0 unspecified atom stereocenters. The average Bonchev–Trinajstić information content (AvgIpc) is 3.55. The summed E-state index contributed by atoms with van der Waals surface area (Å²) in [7, 11) is 0. The minimum atomic E-state index is -0.643. The fourth-order valence-corrected chi connectivity index (χ4v) is 7.53.